The van der Waals surface area contributed by atoms with Gasteiger partial charge in [-0.25, -0.2) is 0 Å². The van der Waals surface area contributed by atoms with Gasteiger partial charge in [-0.05, 0) is 85.3 Å². The Kier molecular flexibility index (Phi) is 10.8. The molecule has 3 aromatic carbocycles. The van der Waals surface area contributed by atoms with E-state index in [0.29, 0.717) is 30.7 Å². The molecule has 0 unspecified atom stereocenters. The van der Waals surface area contributed by atoms with Crippen molar-refractivity contribution >= 4 is 8.32 Å². The summed E-state index contributed by atoms with van der Waals surface area (Å²) in [5.41, 5.74) is 5.41. The Hall–Kier alpha value is -3.99. The van der Waals surface area contributed by atoms with Crippen molar-refractivity contribution in [3.05, 3.63) is 106 Å². The van der Waals surface area contributed by atoms with E-state index in [1.807, 2.05) is 62.4 Å². The Morgan fingerprint density at radius 1 is 0.891 bits per heavy atom. The van der Waals surface area contributed by atoms with Crippen molar-refractivity contribution in [2.45, 2.75) is 98.0 Å². The molecule has 0 aliphatic heterocycles. The van der Waals surface area contributed by atoms with Crippen LogP contribution in [0.4, 0.5) is 0 Å². The Morgan fingerprint density at radius 3 is 2.11 bits per heavy atom. The van der Waals surface area contributed by atoms with Gasteiger partial charge >= 0.3 is 0 Å². The lowest BCUT2D eigenvalue weighted by atomic mass is 9.99. The maximum Gasteiger partial charge on any atom is 0.281 e. The SMILES string of the molecule is CCCc1nc(=O)c(-c2ccc(OC(C)(C)CO[Si](C)(C)C(C)(C)C)cc2)c(CC)n1Cc1ccc(-c2ccccc2C#N)cc1. The molecule has 0 saturated carbocycles. The summed E-state index contributed by atoms with van der Waals surface area (Å²) in [6.45, 7) is 20.6. The van der Waals surface area contributed by atoms with Gasteiger partial charge in [-0.1, -0.05) is 89.2 Å². The summed E-state index contributed by atoms with van der Waals surface area (Å²) in [5, 5.41) is 9.68. The van der Waals surface area contributed by atoms with Crippen LogP contribution in [0.15, 0.2) is 77.6 Å². The van der Waals surface area contributed by atoms with Gasteiger partial charge in [-0.3, -0.25) is 4.79 Å². The largest absolute Gasteiger partial charge is 0.486 e. The lowest BCUT2D eigenvalue weighted by Gasteiger charge is -2.39. The number of hydrogen-bond donors (Lipinski definition) is 0. The van der Waals surface area contributed by atoms with Gasteiger partial charge in [0.05, 0.1) is 23.8 Å². The minimum absolute atomic E-state index is 0.128. The zero-order valence-corrected chi connectivity index (χ0v) is 30.0. The Labute approximate surface area is 276 Å². The summed E-state index contributed by atoms with van der Waals surface area (Å²) in [4.78, 5) is 18.1. The van der Waals surface area contributed by atoms with E-state index in [9.17, 15) is 10.1 Å². The van der Waals surface area contributed by atoms with Crippen molar-refractivity contribution < 1.29 is 9.16 Å². The van der Waals surface area contributed by atoms with E-state index >= 15 is 0 Å². The van der Waals surface area contributed by atoms with Crippen LogP contribution in [-0.2, 0) is 23.8 Å². The molecule has 0 saturated heterocycles. The molecule has 0 bridgehead atoms. The van der Waals surface area contributed by atoms with Crippen LogP contribution in [0, 0.1) is 11.3 Å². The quantitative estimate of drug-likeness (QED) is 0.145. The topological polar surface area (TPSA) is 77.1 Å². The van der Waals surface area contributed by atoms with Crippen LogP contribution in [0.25, 0.3) is 22.3 Å². The van der Waals surface area contributed by atoms with Crippen molar-refractivity contribution in [3.8, 4) is 34.1 Å². The van der Waals surface area contributed by atoms with E-state index in [-0.39, 0.29) is 10.6 Å². The van der Waals surface area contributed by atoms with Crippen LogP contribution in [-0.4, -0.2) is 30.1 Å². The second-order valence-corrected chi connectivity index (χ2v) is 18.9. The van der Waals surface area contributed by atoms with Gasteiger partial charge in [0.15, 0.2) is 8.32 Å². The van der Waals surface area contributed by atoms with Gasteiger partial charge < -0.3 is 13.7 Å². The van der Waals surface area contributed by atoms with Crippen molar-refractivity contribution in [1.82, 2.24) is 9.55 Å². The van der Waals surface area contributed by atoms with E-state index in [0.717, 1.165) is 52.4 Å². The second kappa shape index (κ2) is 14.2. The molecule has 0 radical (unpaired) electrons. The molecule has 4 rings (SSSR count). The molecule has 242 valence electrons. The molecule has 0 aliphatic carbocycles. The average Bonchev–Trinajstić information content (AvgIpc) is 3.01. The fraction of sp³-hybridized carbons (Fsp3) is 0.410. The number of rotatable bonds is 12. The molecule has 0 fully saturated rings. The third kappa shape index (κ3) is 8.04. The zero-order valence-electron chi connectivity index (χ0n) is 29.0. The lowest BCUT2D eigenvalue weighted by molar-refractivity contribution is 0.0462. The zero-order chi connectivity index (χ0) is 33.7. The summed E-state index contributed by atoms with van der Waals surface area (Å²) >= 11 is 0. The first kappa shape index (κ1) is 34.9. The normalized spacial score (nSPS) is 12.2. The van der Waals surface area contributed by atoms with Gasteiger partial charge in [0, 0.05) is 18.7 Å². The Balaban J connectivity index is 1.62. The van der Waals surface area contributed by atoms with Crippen molar-refractivity contribution in [2.24, 2.45) is 0 Å². The van der Waals surface area contributed by atoms with Crippen molar-refractivity contribution in [2.75, 3.05) is 6.61 Å². The molecular weight excluding hydrogens is 587 g/mol. The first-order valence-corrected chi connectivity index (χ1v) is 19.2. The molecule has 1 aromatic heterocycles. The highest BCUT2D eigenvalue weighted by molar-refractivity contribution is 6.74. The summed E-state index contributed by atoms with van der Waals surface area (Å²) in [6.07, 6.45) is 2.29. The van der Waals surface area contributed by atoms with Gasteiger partial charge in [0.2, 0.25) is 0 Å². The molecular formula is C39H49N3O3Si. The molecule has 7 heteroatoms. The number of ether oxygens (including phenoxy) is 1. The molecule has 0 spiro atoms. The summed E-state index contributed by atoms with van der Waals surface area (Å²) < 4.78 is 15.0. The van der Waals surface area contributed by atoms with Crippen LogP contribution in [0.5, 0.6) is 5.75 Å². The molecule has 6 nitrogen and oxygen atoms in total. The predicted octanol–water partition coefficient (Wildman–Crippen LogP) is 9.19. The van der Waals surface area contributed by atoms with E-state index in [4.69, 9.17) is 9.16 Å². The van der Waals surface area contributed by atoms with Gasteiger partial charge in [0.1, 0.15) is 17.2 Å². The highest BCUT2D eigenvalue weighted by atomic mass is 28.4. The summed E-state index contributed by atoms with van der Waals surface area (Å²) in [5.74, 6) is 1.54. The molecule has 0 atom stereocenters. The minimum Gasteiger partial charge on any atom is -0.486 e. The smallest absolute Gasteiger partial charge is 0.281 e. The standard InChI is InChI=1S/C39H49N3O3Si/c1-10-14-35-41-37(43)36(30-21-23-32(24-22-30)45-39(6,7)27-44-46(8,9)38(3,4)5)34(11-2)42(35)26-28-17-19-29(20-18-28)33-16-13-12-15-31(33)25-40/h12-13,15-24H,10-11,14,26-27H2,1-9H3. The molecule has 1 heterocycles. The van der Waals surface area contributed by atoms with E-state index in [1.165, 1.54) is 0 Å². The highest BCUT2D eigenvalue weighted by Crippen LogP contribution is 2.37. The van der Waals surface area contributed by atoms with Crippen molar-refractivity contribution in [1.29, 1.82) is 5.26 Å². The summed E-state index contributed by atoms with van der Waals surface area (Å²) in [7, 11) is -1.90. The fourth-order valence-corrected chi connectivity index (χ4v) is 6.46. The number of aryl methyl sites for hydroxylation is 1. The number of benzene rings is 3. The van der Waals surface area contributed by atoms with E-state index in [1.54, 1.807) is 0 Å². The monoisotopic (exact) mass is 635 g/mol. The second-order valence-electron chi connectivity index (χ2n) is 14.1. The third-order valence-electron chi connectivity index (χ3n) is 8.96. The Morgan fingerprint density at radius 2 is 1.52 bits per heavy atom. The van der Waals surface area contributed by atoms with Gasteiger partial charge in [0.25, 0.3) is 5.56 Å². The van der Waals surface area contributed by atoms with Gasteiger partial charge in [-0.2, -0.15) is 10.2 Å². The molecule has 4 aromatic rings. The maximum absolute atomic E-state index is 13.5. The molecule has 0 amide bonds. The summed E-state index contributed by atoms with van der Waals surface area (Å²) in [6, 6.07) is 26.0. The molecule has 0 N–H and O–H groups in total. The first-order valence-electron chi connectivity index (χ1n) is 16.3. The van der Waals surface area contributed by atoms with Crippen LogP contribution < -0.4 is 10.3 Å². The Bertz CT molecular complexity index is 1740. The highest BCUT2D eigenvalue weighted by Gasteiger charge is 2.39. The number of nitrogens with zero attached hydrogens (tertiary/aromatic N) is 3. The molecule has 46 heavy (non-hydrogen) atoms. The van der Waals surface area contributed by atoms with Crippen LogP contribution in [0.3, 0.4) is 0 Å². The van der Waals surface area contributed by atoms with Crippen LogP contribution in [0.2, 0.25) is 18.1 Å². The molecule has 0 aliphatic rings. The van der Waals surface area contributed by atoms with Crippen LogP contribution >= 0.6 is 0 Å². The number of hydrogen-bond acceptors (Lipinski definition) is 5. The predicted molar refractivity (Wildman–Crippen MR) is 191 cm³/mol. The average molecular weight is 636 g/mol. The van der Waals surface area contributed by atoms with E-state index < -0.39 is 13.9 Å². The van der Waals surface area contributed by atoms with Crippen molar-refractivity contribution in [3.63, 3.8) is 0 Å². The van der Waals surface area contributed by atoms with Crippen LogP contribution in [0.1, 0.15) is 77.5 Å². The minimum atomic E-state index is -1.90. The number of nitriles is 1. The maximum atomic E-state index is 13.5. The number of aromatic nitrogens is 2. The van der Waals surface area contributed by atoms with E-state index in [2.05, 4.69) is 87.6 Å². The lowest BCUT2D eigenvalue weighted by Crippen LogP contribution is -2.46. The fourth-order valence-electron chi connectivity index (χ4n) is 5.32. The third-order valence-corrected chi connectivity index (χ3v) is 13.4. The van der Waals surface area contributed by atoms with Gasteiger partial charge in [-0.15, -0.1) is 0 Å². The first-order chi connectivity index (χ1) is 21.7.